The lowest BCUT2D eigenvalue weighted by Crippen LogP contribution is -2.40. The Morgan fingerprint density at radius 2 is 2.03 bits per heavy atom. The van der Waals surface area contributed by atoms with Gasteiger partial charge in [-0.25, -0.2) is 9.59 Å². The summed E-state index contributed by atoms with van der Waals surface area (Å²) < 4.78 is 5.53. The predicted molar refractivity (Wildman–Crippen MR) is 111 cm³/mol. The molecule has 6 heteroatoms. The topological polar surface area (TPSA) is 79.7 Å². The number of aromatic nitrogens is 1. The molecular formula is C23H28N2O4. The number of pyridine rings is 1. The summed E-state index contributed by atoms with van der Waals surface area (Å²) >= 11 is 0. The Balaban J connectivity index is 1.61. The number of rotatable bonds is 5. The van der Waals surface area contributed by atoms with Crippen LogP contribution in [0, 0.1) is 0 Å². The molecular weight excluding hydrogens is 368 g/mol. The van der Waals surface area contributed by atoms with Crippen LogP contribution in [0.2, 0.25) is 0 Å². The fourth-order valence-corrected chi connectivity index (χ4v) is 3.58. The molecule has 0 aliphatic carbocycles. The van der Waals surface area contributed by atoms with Gasteiger partial charge in [0, 0.05) is 24.3 Å². The van der Waals surface area contributed by atoms with E-state index in [0.717, 1.165) is 49.0 Å². The molecule has 0 saturated carbocycles. The first kappa shape index (κ1) is 20.8. The molecule has 6 nitrogen and oxygen atoms in total. The second-order valence-electron chi connectivity index (χ2n) is 8.45. The van der Waals surface area contributed by atoms with Crippen LogP contribution in [-0.2, 0) is 11.2 Å². The number of amides is 1. The van der Waals surface area contributed by atoms with Gasteiger partial charge in [0.2, 0.25) is 0 Å². The lowest BCUT2D eigenvalue weighted by atomic mass is 10.0. The Morgan fingerprint density at radius 1 is 1.24 bits per heavy atom. The smallest absolute Gasteiger partial charge is 0.410 e. The molecule has 1 atom stereocenters. The highest BCUT2D eigenvalue weighted by Gasteiger charge is 2.31. The second-order valence-corrected chi connectivity index (χ2v) is 8.45. The molecule has 2 aromatic rings. The summed E-state index contributed by atoms with van der Waals surface area (Å²) in [5.41, 5.74) is 2.38. The molecule has 0 spiro atoms. The van der Waals surface area contributed by atoms with Crippen LogP contribution in [-0.4, -0.2) is 45.2 Å². The van der Waals surface area contributed by atoms with E-state index in [9.17, 15) is 9.59 Å². The lowest BCUT2D eigenvalue weighted by molar-refractivity contribution is 0.0220. The molecule has 0 bridgehead atoms. The maximum atomic E-state index is 12.4. The summed E-state index contributed by atoms with van der Waals surface area (Å²) in [7, 11) is 0. The third kappa shape index (κ3) is 5.56. The van der Waals surface area contributed by atoms with Gasteiger partial charge in [-0.3, -0.25) is 4.98 Å². The zero-order valence-corrected chi connectivity index (χ0v) is 17.2. The fraction of sp³-hybridized carbons (Fsp3) is 0.435. The van der Waals surface area contributed by atoms with Gasteiger partial charge in [0.1, 0.15) is 5.60 Å². The molecule has 29 heavy (non-hydrogen) atoms. The molecule has 1 aromatic carbocycles. The SMILES string of the molecule is CC(C)(C)OC(=O)N1CCCC1CCc1ccc(-c2cccc(C(=O)O)c2)nc1. The normalized spacial score (nSPS) is 16.7. The second kappa shape index (κ2) is 8.64. The van der Waals surface area contributed by atoms with Crippen LogP contribution in [0.1, 0.15) is 56.0 Å². The molecule has 1 aliphatic rings. The van der Waals surface area contributed by atoms with Gasteiger partial charge in [-0.15, -0.1) is 0 Å². The number of aryl methyl sites for hydroxylation is 1. The van der Waals surface area contributed by atoms with Crippen LogP contribution in [0.4, 0.5) is 4.79 Å². The van der Waals surface area contributed by atoms with Gasteiger partial charge in [0.25, 0.3) is 0 Å². The van der Waals surface area contributed by atoms with Crippen molar-refractivity contribution in [2.24, 2.45) is 0 Å². The zero-order valence-electron chi connectivity index (χ0n) is 17.2. The number of ether oxygens (including phenoxy) is 1. The van der Waals surface area contributed by atoms with Gasteiger partial charge in [0.05, 0.1) is 11.3 Å². The van der Waals surface area contributed by atoms with Crippen molar-refractivity contribution in [3.8, 4) is 11.3 Å². The number of likely N-dealkylation sites (tertiary alicyclic amines) is 1. The van der Waals surface area contributed by atoms with E-state index in [0.29, 0.717) is 0 Å². The van der Waals surface area contributed by atoms with Crippen molar-refractivity contribution in [1.82, 2.24) is 9.88 Å². The monoisotopic (exact) mass is 396 g/mol. The average molecular weight is 396 g/mol. The third-order valence-electron chi connectivity index (χ3n) is 5.00. The molecule has 1 aromatic heterocycles. The quantitative estimate of drug-likeness (QED) is 0.787. The lowest BCUT2D eigenvalue weighted by Gasteiger charge is -2.28. The Labute approximate surface area is 171 Å². The van der Waals surface area contributed by atoms with Crippen molar-refractivity contribution in [3.63, 3.8) is 0 Å². The van der Waals surface area contributed by atoms with Gasteiger partial charge in [-0.05, 0) is 70.2 Å². The van der Waals surface area contributed by atoms with E-state index in [1.807, 2.05) is 50.1 Å². The highest BCUT2D eigenvalue weighted by atomic mass is 16.6. The number of carbonyl (C=O) groups excluding carboxylic acids is 1. The molecule has 154 valence electrons. The van der Waals surface area contributed by atoms with Crippen molar-refractivity contribution >= 4 is 12.1 Å². The Bertz CT molecular complexity index is 871. The van der Waals surface area contributed by atoms with Crippen molar-refractivity contribution in [2.75, 3.05) is 6.54 Å². The van der Waals surface area contributed by atoms with Gasteiger partial charge in [-0.2, -0.15) is 0 Å². The minimum Gasteiger partial charge on any atom is -0.478 e. The average Bonchev–Trinajstić information content (AvgIpc) is 3.14. The minimum absolute atomic E-state index is 0.191. The summed E-state index contributed by atoms with van der Waals surface area (Å²) in [6.07, 6.45) is 5.29. The molecule has 1 fully saturated rings. The molecule has 1 unspecified atom stereocenters. The van der Waals surface area contributed by atoms with Gasteiger partial charge in [-0.1, -0.05) is 18.2 Å². The van der Waals surface area contributed by atoms with Gasteiger partial charge >= 0.3 is 12.1 Å². The van der Waals surface area contributed by atoms with E-state index in [4.69, 9.17) is 9.84 Å². The number of hydrogen-bond donors (Lipinski definition) is 1. The van der Waals surface area contributed by atoms with E-state index in [1.54, 1.807) is 18.2 Å². The predicted octanol–water partition coefficient (Wildman–Crippen LogP) is 4.78. The summed E-state index contributed by atoms with van der Waals surface area (Å²) in [5.74, 6) is -0.949. The highest BCUT2D eigenvalue weighted by Crippen LogP contribution is 2.25. The molecule has 2 heterocycles. The first-order chi connectivity index (χ1) is 13.7. The standard InChI is InChI=1S/C23H28N2O4/c1-23(2,3)29-22(28)25-13-5-8-19(25)11-9-16-10-12-20(24-15-16)17-6-4-7-18(14-17)21(26)27/h4,6-7,10,12,14-15,19H,5,8-9,11,13H2,1-3H3,(H,26,27). The van der Waals surface area contributed by atoms with Crippen LogP contribution in [0.3, 0.4) is 0 Å². The van der Waals surface area contributed by atoms with Crippen molar-refractivity contribution in [1.29, 1.82) is 0 Å². The molecule has 3 rings (SSSR count). The number of carboxylic acid groups (broad SMARTS) is 1. The summed E-state index contributed by atoms with van der Waals surface area (Å²) in [6, 6.07) is 10.9. The van der Waals surface area contributed by atoms with Crippen LogP contribution in [0.25, 0.3) is 11.3 Å². The van der Waals surface area contributed by atoms with Crippen LogP contribution < -0.4 is 0 Å². The van der Waals surface area contributed by atoms with Crippen molar-refractivity contribution in [2.45, 2.75) is 58.1 Å². The number of nitrogens with zero attached hydrogens (tertiary/aromatic N) is 2. The molecule has 1 aliphatic heterocycles. The Kier molecular flexibility index (Phi) is 6.20. The Hall–Kier alpha value is -2.89. The Morgan fingerprint density at radius 3 is 2.69 bits per heavy atom. The summed E-state index contributed by atoms with van der Waals surface area (Å²) in [6.45, 7) is 6.40. The molecule has 0 radical (unpaired) electrons. The highest BCUT2D eigenvalue weighted by molar-refractivity contribution is 5.89. The number of benzene rings is 1. The first-order valence-corrected chi connectivity index (χ1v) is 10.0. The fourth-order valence-electron chi connectivity index (χ4n) is 3.58. The minimum atomic E-state index is -0.949. The van der Waals surface area contributed by atoms with Gasteiger partial charge in [0.15, 0.2) is 0 Å². The first-order valence-electron chi connectivity index (χ1n) is 10.0. The maximum absolute atomic E-state index is 12.4. The third-order valence-corrected chi connectivity index (χ3v) is 5.00. The molecule has 1 saturated heterocycles. The maximum Gasteiger partial charge on any atom is 0.410 e. The molecule has 1 amide bonds. The van der Waals surface area contributed by atoms with E-state index in [2.05, 4.69) is 4.98 Å². The van der Waals surface area contributed by atoms with Gasteiger partial charge < -0.3 is 14.7 Å². The van der Waals surface area contributed by atoms with Crippen molar-refractivity contribution in [3.05, 3.63) is 53.7 Å². The number of carbonyl (C=O) groups is 2. The zero-order chi connectivity index (χ0) is 21.0. The van der Waals surface area contributed by atoms with Crippen LogP contribution in [0.15, 0.2) is 42.6 Å². The largest absolute Gasteiger partial charge is 0.478 e. The van der Waals surface area contributed by atoms with E-state index >= 15 is 0 Å². The van der Waals surface area contributed by atoms with E-state index in [1.165, 1.54) is 0 Å². The summed E-state index contributed by atoms with van der Waals surface area (Å²) in [5, 5.41) is 9.14. The van der Waals surface area contributed by atoms with Crippen LogP contribution in [0.5, 0.6) is 0 Å². The summed E-state index contributed by atoms with van der Waals surface area (Å²) in [4.78, 5) is 29.9. The molecule has 1 N–H and O–H groups in total. The van der Waals surface area contributed by atoms with E-state index in [-0.39, 0.29) is 17.7 Å². The van der Waals surface area contributed by atoms with Crippen molar-refractivity contribution < 1.29 is 19.4 Å². The number of aromatic carboxylic acids is 1. The van der Waals surface area contributed by atoms with E-state index < -0.39 is 11.6 Å². The number of carboxylic acids is 1. The van der Waals surface area contributed by atoms with Crippen LogP contribution >= 0.6 is 0 Å². The number of hydrogen-bond acceptors (Lipinski definition) is 4.